The summed E-state index contributed by atoms with van der Waals surface area (Å²) in [7, 11) is 0. The first-order valence-electron chi connectivity index (χ1n) is 12.8. The topological polar surface area (TPSA) is 44.8 Å². The molecule has 2 aromatic carbocycles. The van der Waals surface area contributed by atoms with Crippen LogP contribution in [-0.2, 0) is 17.9 Å². The molecule has 0 spiro atoms. The zero-order valence-electron chi connectivity index (χ0n) is 20.1. The summed E-state index contributed by atoms with van der Waals surface area (Å²) in [6.07, 6.45) is 5.30. The predicted octanol–water partition coefficient (Wildman–Crippen LogP) is 5.78. The first kappa shape index (κ1) is 22.8. The molecular weight excluding hydrogens is 454 g/mol. The fourth-order valence-corrected chi connectivity index (χ4v) is 6.24. The molecule has 3 aromatic rings. The molecule has 2 saturated heterocycles. The molecule has 3 fully saturated rings. The second kappa shape index (κ2) is 10.1. The molecule has 1 N–H and O–H groups in total. The minimum absolute atomic E-state index is 0.0784. The number of thiophene rings is 1. The molecule has 6 heteroatoms. The number of ether oxygens (including phenoxy) is 1. The van der Waals surface area contributed by atoms with Crippen LogP contribution in [0.2, 0.25) is 0 Å². The van der Waals surface area contributed by atoms with Crippen molar-refractivity contribution in [2.45, 2.75) is 51.0 Å². The van der Waals surface area contributed by atoms with Crippen molar-refractivity contribution in [1.29, 1.82) is 0 Å². The van der Waals surface area contributed by atoms with Crippen molar-refractivity contribution in [2.75, 3.05) is 29.9 Å². The van der Waals surface area contributed by atoms with Crippen molar-refractivity contribution in [3.05, 3.63) is 82.0 Å². The third-order valence-corrected chi connectivity index (χ3v) is 8.55. The van der Waals surface area contributed by atoms with Crippen molar-refractivity contribution in [1.82, 2.24) is 4.90 Å². The van der Waals surface area contributed by atoms with Gasteiger partial charge in [0.05, 0.1) is 12.7 Å². The molecule has 182 valence electrons. The van der Waals surface area contributed by atoms with E-state index in [1.54, 1.807) is 11.3 Å². The Morgan fingerprint density at radius 3 is 2.51 bits per heavy atom. The fraction of sp³-hybridized carbons (Fsp3) is 0.414. The third kappa shape index (κ3) is 5.15. The van der Waals surface area contributed by atoms with Crippen LogP contribution < -0.4 is 10.2 Å². The van der Waals surface area contributed by atoms with Gasteiger partial charge in [0.15, 0.2) is 0 Å². The highest BCUT2D eigenvalue weighted by molar-refractivity contribution is 7.07. The van der Waals surface area contributed by atoms with E-state index in [2.05, 4.69) is 44.1 Å². The number of amides is 1. The average molecular weight is 488 g/mol. The van der Waals surface area contributed by atoms with Crippen LogP contribution in [0, 0.1) is 5.92 Å². The summed E-state index contributed by atoms with van der Waals surface area (Å²) in [5.74, 6) is 0.667. The van der Waals surface area contributed by atoms with Crippen molar-refractivity contribution >= 4 is 28.6 Å². The summed E-state index contributed by atoms with van der Waals surface area (Å²) < 4.78 is 5.86. The normalized spacial score (nSPS) is 22.2. The van der Waals surface area contributed by atoms with Gasteiger partial charge in [0.2, 0.25) is 0 Å². The van der Waals surface area contributed by atoms with Gasteiger partial charge in [0, 0.05) is 49.2 Å². The lowest BCUT2D eigenvalue weighted by Crippen LogP contribution is -2.35. The van der Waals surface area contributed by atoms with Gasteiger partial charge in [-0.25, -0.2) is 0 Å². The summed E-state index contributed by atoms with van der Waals surface area (Å²) in [5.41, 5.74) is 5.29. The van der Waals surface area contributed by atoms with Crippen LogP contribution in [0.5, 0.6) is 0 Å². The van der Waals surface area contributed by atoms with Crippen LogP contribution in [0.25, 0.3) is 0 Å². The lowest BCUT2D eigenvalue weighted by atomic mass is 9.96. The van der Waals surface area contributed by atoms with Gasteiger partial charge in [-0.1, -0.05) is 12.1 Å². The molecule has 0 unspecified atom stereocenters. The molecule has 2 aliphatic heterocycles. The summed E-state index contributed by atoms with van der Waals surface area (Å²) in [6.45, 7) is 5.11. The SMILES string of the molecule is O=C(Nc1ccc(N2CC[C@@H]3CN(Cc4ccsc4)C[C@@H]32)cc1)c1ccc(COC2CCC2)cc1. The molecule has 0 radical (unpaired) electrons. The zero-order chi connectivity index (χ0) is 23.6. The Labute approximate surface area is 211 Å². The Morgan fingerprint density at radius 2 is 1.80 bits per heavy atom. The number of benzene rings is 2. The van der Waals surface area contributed by atoms with Gasteiger partial charge in [0.25, 0.3) is 5.91 Å². The van der Waals surface area contributed by atoms with E-state index in [9.17, 15) is 4.79 Å². The highest BCUT2D eigenvalue weighted by Crippen LogP contribution is 2.36. The number of hydrogen-bond acceptors (Lipinski definition) is 5. The van der Waals surface area contributed by atoms with Crippen LogP contribution in [0.3, 0.4) is 0 Å². The second-order valence-electron chi connectivity index (χ2n) is 10.2. The Kier molecular flexibility index (Phi) is 6.59. The van der Waals surface area contributed by atoms with Crippen molar-refractivity contribution in [3.63, 3.8) is 0 Å². The van der Waals surface area contributed by atoms with Crippen LogP contribution in [0.1, 0.15) is 47.2 Å². The molecule has 3 heterocycles. The fourth-order valence-electron chi connectivity index (χ4n) is 5.58. The number of nitrogens with zero attached hydrogens (tertiary/aromatic N) is 2. The van der Waals surface area contributed by atoms with Gasteiger partial charge in [-0.15, -0.1) is 0 Å². The second-order valence-corrected chi connectivity index (χ2v) is 11.0. The third-order valence-electron chi connectivity index (χ3n) is 7.82. The number of anilines is 2. The maximum Gasteiger partial charge on any atom is 0.255 e. The van der Waals surface area contributed by atoms with Crippen LogP contribution >= 0.6 is 11.3 Å². The molecular formula is C29H33N3O2S. The van der Waals surface area contributed by atoms with E-state index in [0.29, 0.717) is 24.3 Å². The summed E-state index contributed by atoms with van der Waals surface area (Å²) in [5, 5.41) is 7.47. The summed E-state index contributed by atoms with van der Waals surface area (Å²) in [4.78, 5) is 17.9. The maximum atomic E-state index is 12.7. The molecule has 1 aromatic heterocycles. The van der Waals surface area contributed by atoms with Gasteiger partial charge in [-0.05, 0) is 96.0 Å². The Balaban J connectivity index is 1.03. The molecule has 35 heavy (non-hydrogen) atoms. The van der Waals surface area contributed by atoms with Gasteiger partial charge < -0.3 is 15.0 Å². The molecule has 1 amide bonds. The highest BCUT2D eigenvalue weighted by atomic mass is 32.1. The lowest BCUT2D eigenvalue weighted by molar-refractivity contribution is -0.00866. The van der Waals surface area contributed by atoms with Crippen molar-refractivity contribution < 1.29 is 9.53 Å². The van der Waals surface area contributed by atoms with Crippen molar-refractivity contribution in [2.24, 2.45) is 5.92 Å². The quantitative estimate of drug-likeness (QED) is 0.437. The standard InChI is InChI=1S/C29H33N3O2S/c33-29(23-6-4-21(5-7-23)19-34-27-2-1-3-27)30-25-8-10-26(11-9-25)32-14-12-24-17-31(18-28(24)32)16-22-13-15-35-20-22/h4-11,13,15,20,24,27-28H,1-3,12,14,16-19H2,(H,30,33)/t24-,28+/m1/s1. The first-order chi connectivity index (χ1) is 17.2. The van der Waals surface area contributed by atoms with E-state index in [4.69, 9.17) is 4.74 Å². The molecule has 6 rings (SSSR count). The minimum Gasteiger partial charge on any atom is -0.374 e. The Bertz CT molecular complexity index is 1130. The Morgan fingerprint density at radius 1 is 0.971 bits per heavy atom. The van der Waals surface area contributed by atoms with Crippen LogP contribution in [0.4, 0.5) is 11.4 Å². The smallest absolute Gasteiger partial charge is 0.255 e. The van der Waals surface area contributed by atoms with Crippen LogP contribution in [0.15, 0.2) is 65.4 Å². The average Bonchev–Trinajstić information content (AvgIpc) is 3.58. The monoisotopic (exact) mass is 487 g/mol. The van der Waals surface area contributed by atoms with E-state index in [1.165, 1.54) is 43.5 Å². The van der Waals surface area contributed by atoms with Crippen molar-refractivity contribution in [3.8, 4) is 0 Å². The van der Waals surface area contributed by atoms with E-state index in [1.807, 2.05) is 36.4 Å². The zero-order valence-corrected chi connectivity index (χ0v) is 20.9. The van der Waals surface area contributed by atoms with Gasteiger partial charge in [-0.3, -0.25) is 9.69 Å². The van der Waals surface area contributed by atoms with E-state index >= 15 is 0 Å². The Hall–Kier alpha value is -2.67. The number of carbonyl (C=O) groups is 1. The summed E-state index contributed by atoms with van der Waals surface area (Å²) in [6, 6.07) is 18.9. The van der Waals surface area contributed by atoms with Gasteiger partial charge >= 0.3 is 0 Å². The minimum atomic E-state index is -0.0784. The molecule has 1 saturated carbocycles. The highest BCUT2D eigenvalue weighted by Gasteiger charge is 2.41. The van der Waals surface area contributed by atoms with E-state index in [0.717, 1.165) is 36.8 Å². The summed E-state index contributed by atoms with van der Waals surface area (Å²) >= 11 is 1.78. The number of likely N-dealkylation sites (tertiary alicyclic amines) is 1. The number of carbonyl (C=O) groups excluding carboxylic acids is 1. The predicted molar refractivity (Wildman–Crippen MR) is 142 cm³/mol. The van der Waals surface area contributed by atoms with E-state index in [-0.39, 0.29) is 5.91 Å². The molecule has 3 aliphatic rings. The molecule has 5 nitrogen and oxygen atoms in total. The first-order valence-corrected chi connectivity index (χ1v) is 13.8. The number of nitrogens with one attached hydrogen (secondary N) is 1. The number of rotatable bonds is 8. The molecule has 0 bridgehead atoms. The number of fused-ring (bicyclic) bond motifs is 1. The van der Waals surface area contributed by atoms with Gasteiger partial charge in [0.1, 0.15) is 0 Å². The molecule has 2 atom stereocenters. The van der Waals surface area contributed by atoms with E-state index < -0.39 is 0 Å². The van der Waals surface area contributed by atoms with Crippen LogP contribution in [-0.4, -0.2) is 42.6 Å². The lowest BCUT2D eigenvalue weighted by Gasteiger charge is -2.27. The molecule has 1 aliphatic carbocycles. The maximum absolute atomic E-state index is 12.7. The van der Waals surface area contributed by atoms with Gasteiger partial charge in [-0.2, -0.15) is 11.3 Å². The number of hydrogen-bond donors (Lipinski definition) is 1. The largest absolute Gasteiger partial charge is 0.374 e.